The minimum atomic E-state index is 0. The van der Waals surface area contributed by atoms with Crippen molar-refractivity contribution in [3.05, 3.63) is 51.8 Å². The summed E-state index contributed by atoms with van der Waals surface area (Å²) in [4.78, 5) is 0. The normalized spacial score (nSPS) is 12.4. The van der Waals surface area contributed by atoms with Crippen LogP contribution in [0.25, 0.3) is 5.57 Å². The third kappa shape index (κ3) is 4.39. The van der Waals surface area contributed by atoms with Crippen molar-refractivity contribution in [2.75, 3.05) is 0 Å². The first kappa shape index (κ1) is 19.5. The number of rotatable bonds is 2. The summed E-state index contributed by atoms with van der Waals surface area (Å²) in [5.41, 5.74) is 6.64. The molecule has 0 nitrogen and oxygen atoms in total. The van der Waals surface area contributed by atoms with Crippen molar-refractivity contribution in [2.45, 2.75) is 19.0 Å². The molecule has 2 rings (SSSR count). The molecule has 1 aromatic rings. The monoisotopic (exact) mass is 329 g/mol. The zero-order valence-electron chi connectivity index (χ0n) is 9.84. The zero-order valence-corrected chi connectivity index (χ0v) is 13.7. The van der Waals surface area contributed by atoms with Crippen LogP contribution in [0, 0.1) is 6.92 Å². The van der Waals surface area contributed by atoms with E-state index in [-0.39, 0.29) is 37.2 Å². The van der Waals surface area contributed by atoms with Crippen LogP contribution in [0.4, 0.5) is 0 Å². The molecule has 1 aliphatic carbocycles. The molecule has 0 bridgehead atoms. The maximum atomic E-state index is 2.33. The van der Waals surface area contributed by atoms with Crippen molar-refractivity contribution in [2.24, 2.45) is 0 Å². The molecular weight excluding hydrogens is 313 g/mol. The van der Waals surface area contributed by atoms with E-state index in [0.717, 1.165) is 0 Å². The summed E-state index contributed by atoms with van der Waals surface area (Å²) in [6.07, 6.45) is 5.76. The van der Waals surface area contributed by atoms with Gasteiger partial charge in [0, 0.05) is 0 Å². The molecule has 95 valence electrons. The first-order valence-electron chi connectivity index (χ1n) is 4.88. The molecule has 0 fully saturated rings. The van der Waals surface area contributed by atoms with Crippen molar-refractivity contribution < 1.29 is 16.3 Å². The summed E-state index contributed by atoms with van der Waals surface area (Å²) in [7, 11) is 0. The summed E-state index contributed by atoms with van der Waals surface area (Å²) in [6, 6.07) is 8.66. The Morgan fingerprint density at radius 1 is 1.06 bits per heavy atom. The van der Waals surface area contributed by atoms with E-state index >= 15 is 0 Å². The Bertz CT molecular complexity index is 411. The molecule has 0 aromatic heterocycles. The average molecular weight is 331 g/mol. The van der Waals surface area contributed by atoms with E-state index < -0.39 is 0 Å². The van der Waals surface area contributed by atoms with Gasteiger partial charge in [-0.1, -0.05) is 0 Å². The van der Waals surface area contributed by atoms with Crippen LogP contribution in [0.5, 0.6) is 0 Å². The van der Waals surface area contributed by atoms with Gasteiger partial charge >= 0.3 is 92.7 Å². The fourth-order valence-electron chi connectivity index (χ4n) is 1.83. The van der Waals surface area contributed by atoms with Crippen molar-refractivity contribution in [1.82, 2.24) is 0 Å². The average Bonchev–Trinajstić information content (AvgIpc) is 2.66. The van der Waals surface area contributed by atoms with E-state index in [1.165, 1.54) is 23.1 Å². The summed E-state index contributed by atoms with van der Waals surface area (Å²) in [6.45, 7) is 2.19. The van der Waals surface area contributed by atoms with E-state index in [0.29, 0.717) is 16.3 Å². The second-order valence-corrected chi connectivity index (χ2v) is 5.05. The van der Waals surface area contributed by atoms with Crippen LogP contribution in [0.15, 0.2) is 40.7 Å². The number of hydrogen-bond donors (Lipinski definition) is 0. The topological polar surface area (TPSA) is 0 Å². The third-order valence-electron chi connectivity index (χ3n) is 2.61. The van der Waals surface area contributed by atoms with Crippen LogP contribution in [-0.2, 0) is 16.3 Å². The van der Waals surface area contributed by atoms with Crippen LogP contribution in [0.3, 0.4) is 0 Å². The number of halogens is 3. The molecule has 0 radical (unpaired) electrons. The molecule has 0 saturated heterocycles. The minimum absolute atomic E-state index is 0. The number of allylic oxidation sites excluding steroid dienone is 4. The van der Waals surface area contributed by atoms with Gasteiger partial charge in [-0.3, -0.25) is 0 Å². The number of benzene rings is 1. The first-order chi connectivity index (χ1) is 6.83. The van der Waals surface area contributed by atoms with Crippen molar-refractivity contribution in [3.63, 3.8) is 0 Å². The second kappa shape index (κ2) is 9.13. The summed E-state index contributed by atoms with van der Waals surface area (Å²) in [5.74, 6) is 0. The number of aryl methyl sites for hydroxylation is 1. The summed E-state index contributed by atoms with van der Waals surface area (Å²) < 4.78 is 1.66. The van der Waals surface area contributed by atoms with Gasteiger partial charge in [0.1, 0.15) is 0 Å². The Labute approximate surface area is 129 Å². The molecule has 0 aliphatic heterocycles. The predicted octanol–water partition coefficient (Wildman–Crippen LogP) is 5.06. The van der Waals surface area contributed by atoms with Crippen molar-refractivity contribution in [1.29, 1.82) is 0 Å². The number of hydrogen-bond acceptors (Lipinski definition) is 0. The third-order valence-corrected chi connectivity index (χ3v) is 4.12. The maximum absolute atomic E-state index is 2.33. The van der Waals surface area contributed by atoms with Gasteiger partial charge in [-0.2, -0.15) is 0 Å². The van der Waals surface area contributed by atoms with E-state index in [2.05, 4.69) is 49.0 Å². The van der Waals surface area contributed by atoms with Crippen LogP contribution in [-0.4, -0.2) is 0 Å². The van der Waals surface area contributed by atoms with E-state index in [1.54, 1.807) is 4.28 Å². The molecule has 0 atom stereocenters. The van der Waals surface area contributed by atoms with Crippen LogP contribution >= 0.6 is 37.2 Å². The first-order valence-corrected chi connectivity index (χ1v) is 6.98. The van der Waals surface area contributed by atoms with Gasteiger partial charge in [0.15, 0.2) is 0 Å². The Hall–Kier alpha value is 0.154. The molecule has 17 heavy (non-hydrogen) atoms. The molecule has 1 aromatic carbocycles. The molecule has 0 spiro atoms. The summed E-state index contributed by atoms with van der Waals surface area (Å²) >= 11 is 0.378. The standard InChI is InChI=1S/C12H11.CH3.3ClH.V/c1-10-6-2-5-9-12(10)11-7-3-4-8-11;;;;;/h2-3,5-7,9H,4H2,1H3;1H3;3*1H;. The van der Waals surface area contributed by atoms with Gasteiger partial charge in [0.2, 0.25) is 0 Å². The van der Waals surface area contributed by atoms with E-state index in [4.69, 9.17) is 0 Å². The predicted molar refractivity (Wildman–Crippen MR) is 79.5 cm³/mol. The molecular formula is C13H17Cl3V. The van der Waals surface area contributed by atoms with Gasteiger partial charge in [-0.25, -0.2) is 0 Å². The van der Waals surface area contributed by atoms with Crippen LogP contribution in [0.2, 0.25) is 5.64 Å². The van der Waals surface area contributed by atoms with Gasteiger partial charge in [0.25, 0.3) is 0 Å². The SMILES string of the molecule is Cl.Cl.Cl.[CH3][V][C]1=C(c2ccccc2C)C=CC1. The van der Waals surface area contributed by atoms with Crippen LogP contribution < -0.4 is 0 Å². The zero-order chi connectivity index (χ0) is 9.97. The Morgan fingerprint density at radius 2 is 1.71 bits per heavy atom. The molecule has 0 saturated carbocycles. The van der Waals surface area contributed by atoms with Gasteiger partial charge in [-0.15, -0.1) is 37.2 Å². The molecule has 0 unspecified atom stereocenters. The molecule has 0 amide bonds. The fraction of sp³-hybridized carbons (Fsp3) is 0.231. The molecule has 1 aliphatic rings. The van der Waals surface area contributed by atoms with E-state index in [9.17, 15) is 0 Å². The fourth-order valence-corrected chi connectivity index (χ4v) is 2.96. The molecule has 0 N–H and O–H groups in total. The molecule has 4 heteroatoms. The van der Waals surface area contributed by atoms with Crippen molar-refractivity contribution >= 4 is 42.8 Å². The Kier molecular flexibility index (Phi) is 10.5. The van der Waals surface area contributed by atoms with Gasteiger partial charge in [-0.05, 0) is 0 Å². The Balaban J connectivity index is 0. The van der Waals surface area contributed by atoms with Gasteiger partial charge in [0.05, 0.1) is 0 Å². The van der Waals surface area contributed by atoms with Crippen LogP contribution in [0.1, 0.15) is 17.5 Å². The Morgan fingerprint density at radius 3 is 2.29 bits per heavy atom. The quantitative estimate of drug-likeness (QED) is 0.711. The molecule has 0 heterocycles. The second-order valence-electron chi connectivity index (χ2n) is 3.51. The van der Waals surface area contributed by atoms with E-state index in [1.807, 2.05) is 0 Å². The van der Waals surface area contributed by atoms with Gasteiger partial charge < -0.3 is 0 Å². The van der Waals surface area contributed by atoms with Crippen molar-refractivity contribution in [3.8, 4) is 0 Å². The summed E-state index contributed by atoms with van der Waals surface area (Å²) in [5, 5.41) is 0.